The highest BCUT2D eigenvalue weighted by Gasteiger charge is 2.10. The fraction of sp³-hybridized carbons (Fsp3) is 0.400. The zero-order chi connectivity index (χ0) is 18.2. The smallest absolute Gasteiger partial charge is 0.123 e. The number of aliphatic hydroxyl groups is 1. The van der Waals surface area contributed by atoms with Gasteiger partial charge < -0.3 is 19.5 Å². The molecule has 5 heteroatoms. The van der Waals surface area contributed by atoms with Crippen LogP contribution in [0.2, 0.25) is 0 Å². The summed E-state index contributed by atoms with van der Waals surface area (Å²) in [6.45, 7) is 5.88. The lowest BCUT2D eigenvalue weighted by Gasteiger charge is -2.21. The Morgan fingerprint density at radius 3 is 2.28 bits per heavy atom. The van der Waals surface area contributed by atoms with E-state index in [0.717, 1.165) is 16.9 Å². The van der Waals surface area contributed by atoms with Crippen molar-refractivity contribution >= 4 is 0 Å². The Bertz CT molecular complexity index is 640. The molecule has 2 aromatic carbocycles. The van der Waals surface area contributed by atoms with Gasteiger partial charge in [0.1, 0.15) is 36.6 Å². The van der Waals surface area contributed by atoms with E-state index in [1.165, 1.54) is 12.1 Å². The van der Waals surface area contributed by atoms with Crippen LogP contribution in [0.3, 0.4) is 0 Å². The zero-order valence-corrected chi connectivity index (χ0v) is 15.0. The molecular formula is C20H26FNO3. The third kappa shape index (κ3) is 7.11. The molecular weight excluding hydrogens is 321 g/mol. The topological polar surface area (TPSA) is 41.9 Å². The van der Waals surface area contributed by atoms with Crippen LogP contribution in [0, 0.1) is 19.7 Å². The molecule has 2 aromatic rings. The Kier molecular flexibility index (Phi) is 7.22. The maximum atomic E-state index is 12.8. The van der Waals surface area contributed by atoms with Crippen molar-refractivity contribution in [2.45, 2.75) is 20.0 Å². The summed E-state index contributed by atoms with van der Waals surface area (Å²) in [4.78, 5) is 1.97. The highest BCUT2D eigenvalue weighted by Crippen LogP contribution is 2.16. The molecule has 0 aliphatic heterocycles. The van der Waals surface area contributed by atoms with Crippen LogP contribution < -0.4 is 9.47 Å². The molecule has 136 valence electrons. The molecule has 1 atom stereocenters. The maximum absolute atomic E-state index is 12.8. The second-order valence-corrected chi connectivity index (χ2v) is 6.35. The second-order valence-electron chi connectivity index (χ2n) is 6.35. The molecule has 2 rings (SSSR count). The van der Waals surface area contributed by atoms with Crippen molar-refractivity contribution in [3.63, 3.8) is 0 Å². The van der Waals surface area contributed by atoms with Crippen LogP contribution >= 0.6 is 0 Å². The van der Waals surface area contributed by atoms with Gasteiger partial charge in [-0.1, -0.05) is 6.07 Å². The molecule has 0 heterocycles. The first-order valence-electron chi connectivity index (χ1n) is 8.38. The quantitative estimate of drug-likeness (QED) is 0.756. The van der Waals surface area contributed by atoms with Gasteiger partial charge in [-0.05, 0) is 68.4 Å². The summed E-state index contributed by atoms with van der Waals surface area (Å²) < 4.78 is 24.0. The van der Waals surface area contributed by atoms with Crippen LogP contribution in [-0.2, 0) is 0 Å². The summed E-state index contributed by atoms with van der Waals surface area (Å²) in [5.41, 5.74) is 2.28. The minimum absolute atomic E-state index is 0.242. The second kappa shape index (κ2) is 9.39. The van der Waals surface area contributed by atoms with Crippen molar-refractivity contribution in [1.82, 2.24) is 4.90 Å². The Hall–Kier alpha value is -2.11. The van der Waals surface area contributed by atoms with Gasteiger partial charge in [-0.25, -0.2) is 4.39 Å². The van der Waals surface area contributed by atoms with Gasteiger partial charge in [0.15, 0.2) is 0 Å². The Labute approximate surface area is 148 Å². The van der Waals surface area contributed by atoms with Gasteiger partial charge in [-0.2, -0.15) is 0 Å². The van der Waals surface area contributed by atoms with Crippen LogP contribution in [0.5, 0.6) is 11.5 Å². The predicted molar refractivity (Wildman–Crippen MR) is 96.8 cm³/mol. The van der Waals surface area contributed by atoms with E-state index in [-0.39, 0.29) is 12.4 Å². The van der Waals surface area contributed by atoms with Gasteiger partial charge in [-0.3, -0.25) is 0 Å². The molecule has 0 saturated carbocycles. The Morgan fingerprint density at radius 2 is 1.64 bits per heavy atom. The van der Waals surface area contributed by atoms with Gasteiger partial charge in [0.05, 0.1) is 0 Å². The predicted octanol–water partition coefficient (Wildman–Crippen LogP) is 3.19. The molecule has 0 radical (unpaired) electrons. The summed E-state index contributed by atoms with van der Waals surface area (Å²) in [5.74, 6) is 1.13. The van der Waals surface area contributed by atoms with Crippen molar-refractivity contribution in [2.24, 2.45) is 0 Å². The first-order chi connectivity index (χ1) is 11.9. The Balaban J connectivity index is 1.67. The van der Waals surface area contributed by atoms with E-state index < -0.39 is 6.10 Å². The van der Waals surface area contributed by atoms with Gasteiger partial charge in [0, 0.05) is 13.1 Å². The fourth-order valence-electron chi connectivity index (χ4n) is 2.56. The molecule has 1 N–H and O–H groups in total. The monoisotopic (exact) mass is 347 g/mol. The normalized spacial score (nSPS) is 12.2. The number of rotatable bonds is 9. The molecule has 0 aromatic heterocycles. The molecule has 0 aliphatic carbocycles. The van der Waals surface area contributed by atoms with E-state index in [9.17, 15) is 9.50 Å². The summed E-state index contributed by atoms with van der Waals surface area (Å²) in [6.07, 6.45) is -0.586. The summed E-state index contributed by atoms with van der Waals surface area (Å²) in [7, 11) is 1.91. The summed E-state index contributed by atoms with van der Waals surface area (Å²) in [6, 6.07) is 11.9. The van der Waals surface area contributed by atoms with Crippen molar-refractivity contribution in [2.75, 3.05) is 33.4 Å². The number of hydrogen-bond acceptors (Lipinski definition) is 4. The number of aliphatic hydroxyl groups excluding tert-OH is 1. The van der Waals surface area contributed by atoms with E-state index in [1.807, 2.05) is 37.9 Å². The molecule has 0 aliphatic rings. The number of hydrogen-bond donors (Lipinski definition) is 1. The minimum Gasteiger partial charge on any atom is -0.492 e. The van der Waals surface area contributed by atoms with E-state index in [4.69, 9.17) is 9.47 Å². The summed E-state index contributed by atoms with van der Waals surface area (Å²) in [5, 5.41) is 10.1. The van der Waals surface area contributed by atoms with Crippen LogP contribution in [-0.4, -0.2) is 49.5 Å². The largest absolute Gasteiger partial charge is 0.492 e. The van der Waals surface area contributed by atoms with Crippen molar-refractivity contribution < 1.29 is 19.0 Å². The highest BCUT2D eigenvalue weighted by molar-refractivity contribution is 5.33. The van der Waals surface area contributed by atoms with E-state index in [1.54, 1.807) is 12.1 Å². The highest BCUT2D eigenvalue weighted by atomic mass is 19.1. The first-order valence-corrected chi connectivity index (χ1v) is 8.38. The van der Waals surface area contributed by atoms with Gasteiger partial charge in [0.2, 0.25) is 0 Å². The summed E-state index contributed by atoms with van der Waals surface area (Å²) >= 11 is 0. The van der Waals surface area contributed by atoms with Crippen molar-refractivity contribution in [3.8, 4) is 11.5 Å². The fourth-order valence-corrected chi connectivity index (χ4v) is 2.56. The van der Waals surface area contributed by atoms with E-state index in [0.29, 0.717) is 25.4 Å². The SMILES string of the molecule is Cc1cc(C)cc(OCC(O)CN(C)CCOc2ccc(F)cc2)c1. The van der Waals surface area contributed by atoms with Crippen LogP contribution in [0.25, 0.3) is 0 Å². The molecule has 0 saturated heterocycles. The third-order valence-corrected chi connectivity index (χ3v) is 3.72. The van der Waals surface area contributed by atoms with Gasteiger partial charge in [0.25, 0.3) is 0 Å². The average molecular weight is 347 g/mol. The molecule has 1 unspecified atom stereocenters. The lowest BCUT2D eigenvalue weighted by molar-refractivity contribution is 0.0722. The Morgan fingerprint density at radius 1 is 1.00 bits per heavy atom. The van der Waals surface area contributed by atoms with E-state index in [2.05, 4.69) is 6.07 Å². The molecule has 0 fully saturated rings. The van der Waals surface area contributed by atoms with Crippen LogP contribution in [0.4, 0.5) is 4.39 Å². The minimum atomic E-state index is -0.586. The number of nitrogens with zero attached hydrogens (tertiary/aromatic N) is 1. The van der Waals surface area contributed by atoms with E-state index >= 15 is 0 Å². The average Bonchev–Trinajstić information content (AvgIpc) is 2.54. The molecule has 0 bridgehead atoms. The van der Waals surface area contributed by atoms with Crippen molar-refractivity contribution in [1.29, 1.82) is 0 Å². The lowest BCUT2D eigenvalue weighted by atomic mass is 10.1. The number of aryl methyl sites for hydroxylation is 2. The molecule has 0 spiro atoms. The van der Waals surface area contributed by atoms with Gasteiger partial charge >= 0.3 is 0 Å². The first kappa shape index (κ1) is 19.2. The van der Waals surface area contributed by atoms with Crippen LogP contribution in [0.1, 0.15) is 11.1 Å². The number of ether oxygens (including phenoxy) is 2. The van der Waals surface area contributed by atoms with Crippen molar-refractivity contribution in [3.05, 3.63) is 59.4 Å². The maximum Gasteiger partial charge on any atom is 0.123 e. The third-order valence-electron chi connectivity index (χ3n) is 3.72. The molecule has 25 heavy (non-hydrogen) atoms. The standard InChI is InChI=1S/C20H26FNO3/c1-15-10-16(2)12-20(11-15)25-14-18(23)13-22(3)8-9-24-19-6-4-17(21)5-7-19/h4-7,10-12,18,23H,8-9,13-14H2,1-3H3. The molecule has 4 nitrogen and oxygen atoms in total. The number of likely N-dealkylation sites (N-methyl/N-ethyl adjacent to an activating group) is 1. The number of benzene rings is 2. The number of halogens is 1. The zero-order valence-electron chi connectivity index (χ0n) is 15.0. The van der Waals surface area contributed by atoms with Gasteiger partial charge in [-0.15, -0.1) is 0 Å². The molecule has 0 amide bonds. The van der Waals surface area contributed by atoms with Crippen LogP contribution in [0.15, 0.2) is 42.5 Å². The lowest BCUT2D eigenvalue weighted by Crippen LogP contribution is -2.35.